The van der Waals surface area contributed by atoms with Gasteiger partial charge >= 0.3 is 0 Å². The maximum Gasteiger partial charge on any atom is 0.295 e. The van der Waals surface area contributed by atoms with Crippen LogP contribution in [0.5, 0.6) is 0 Å². The minimum atomic E-state index is -0.755. The first-order chi connectivity index (χ1) is 18.6. The van der Waals surface area contributed by atoms with E-state index in [9.17, 15) is 14.0 Å². The van der Waals surface area contributed by atoms with Crippen molar-refractivity contribution in [3.8, 4) is 17.1 Å². The molecule has 1 amide bonds. The first-order valence-corrected chi connectivity index (χ1v) is 12.8. The number of benzene rings is 1. The number of pyridine rings is 1. The SMILES string of the molecule is O=C(C(=O)N1CCN(c2snnc2-c2ccccc2)CC12CC2)c1c[nH]c2c(-n3ccnn3)ncc(F)c12. The summed E-state index contributed by atoms with van der Waals surface area (Å²) in [6, 6.07) is 9.86. The lowest BCUT2D eigenvalue weighted by molar-refractivity contribution is -0.129. The third-order valence-corrected chi connectivity index (χ3v) is 8.04. The van der Waals surface area contributed by atoms with Gasteiger partial charge in [-0.05, 0) is 12.8 Å². The monoisotopic (exact) mass is 529 g/mol. The molecule has 5 heterocycles. The molecule has 2 fully saturated rings. The molecule has 13 heteroatoms. The summed E-state index contributed by atoms with van der Waals surface area (Å²) in [4.78, 5) is 37.9. The van der Waals surface area contributed by atoms with E-state index in [2.05, 4.69) is 34.8 Å². The predicted molar refractivity (Wildman–Crippen MR) is 137 cm³/mol. The van der Waals surface area contributed by atoms with Crippen LogP contribution in [0.2, 0.25) is 0 Å². The van der Waals surface area contributed by atoms with E-state index in [-0.39, 0.29) is 22.3 Å². The third kappa shape index (κ3) is 3.49. The zero-order valence-corrected chi connectivity index (χ0v) is 20.7. The number of fused-ring (bicyclic) bond motifs is 1. The quantitative estimate of drug-likeness (QED) is 0.272. The van der Waals surface area contributed by atoms with Crippen LogP contribution in [0.3, 0.4) is 0 Å². The molecule has 1 saturated heterocycles. The summed E-state index contributed by atoms with van der Waals surface area (Å²) in [5.74, 6) is -1.80. The summed E-state index contributed by atoms with van der Waals surface area (Å²) in [5, 5.41) is 13.0. The molecule has 1 saturated carbocycles. The Labute approximate surface area is 219 Å². The standard InChI is InChI=1S/C25H20FN9O2S/c26-17-13-28-22(35-9-8-29-31-35)20-18(17)16(12-27-20)21(36)23(37)34-11-10-33(14-25(34)6-7-25)24-19(30-32-38-24)15-4-2-1-3-5-15/h1-5,8-9,12-13,27H,6-7,10-11,14H2. The third-order valence-electron chi connectivity index (χ3n) is 7.25. The number of H-pyrrole nitrogens is 1. The van der Waals surface area contributed by atoms with Gasteiger partial charge in [-0.2, -0.15) is 0 Å². The molecule has 5 aromatic rings. The number of nitrogens with one attached hydrogen (secondary N) is 1. The van der Waals surface area contributed by atoms with Crippen molar-refractivity contribution < 1.29 is 14.0 Å². The van der Waals surface area contributed by atoms with Crippen LogP contribution in [-0.2, 0) is 4.79 Å². The van der Waals surface area contributed by atoms with Gasteiger partial charge in [0.25, 0.3) is 11.7 Å². The average Bonchev–Trinajstić information content (AvgIpc) is 3.41. The van der Waals surface area contributed by atoms with E-state index in [0.29, 0.717) is 19.6 Å². The van der Waals surface area contributed by atoms with Crippen LogP contribution in [0, 0.1) is 5.82 Å². The fraction of sp³-hybridized carbons (Fsp3) is 0.240. The van der Waals surface area contributed by atoms with Crippen molar-refractivity contribution in [3.05, 3.63) is 66.5 Å². The predicted octanol–water partition coefficient (Wildman–Crippen LogP) is 2.87. The number of Topliss-reactive ketones (excluding diaryl/α,β-unsaturated/α-hetero) is 1. The van der Waals surface area contributed by atoms with Crippen LogP contribution in [0.4, 0.5) is 9.39 Å². The Bertz CT molecular complexity index is 1680. The zero-order valence-electron chi connectivity index (χ0n) is 19.9. The van der Waals surface area contributed by atoms with Gasteiger partial charge in [-0.3, -0.25) is 9.59 Å². The first kappa shape index (κ1) is 22.7. The van der Waals surface area contributed by atoms with Gasteiger partial charge in [0.1, 0.15) is 10.7 Å². The lowest BCUT2D eigenvalue weighted by atomic mass is 10.0. The molecule has 1 aliphatic heterocycles. The Morgan fingerprint density at radius 2 is 1.97 bits per heavy atom. The summed E-state index contributed by atoms with van der Waals surface area (Å²) < 4.78 is 20.4. The summed E-state index contributed by atoms with van der Waals surface area (Å²) in [5.41, 5.74) is 1.59. The summed E-state index contributed by atoms with van der Waals surface area (Å²) in [6.07, 6.45) is 6.99. The van der Waals surface area contributed by atoms with Crippen LogP contribution in [0.25, 0.3) is 28.0 Å². The normalized spacial score (nSPS) is 16.3. The molecule has 1 aliphatic carbocycles. The number of amides is 1. The Balaban J connectivity index is 1.16. The Morgan fingerprint density at radius 1 is 1.13 bits per heavy atom. The van der Waals surface area contributed by atoms with E-state index in [1.165, 1.54) is 28.6 Å². The smallest absolute Gasteiger partial charge is 0.295 e. The highest BCUT2D eigenvalue weighted by Gasteiger charge is 2.54. The molecule has 0 bridgehead atoms. The van der Waals surface area contributed by atoms with Crippen molar-refractivity contribution in [2.45, 2.75) is 18.4 Å². The maximum absolute atomic E-state index is 14.9. The highest BCUT2D eigenvalue weighted by Crippen LogP contribution is 2.47. The number of ketones is 1. The minimum absolute atomic E-state index is 0.00979. The van der Waals surface area contributed by atoms with Gasteiger partial charge in [0.15, 0.2) is 11.6 Å². The lowest BCUT2D eigenvalue weighted by Gasteiger charge is -2.42. The van der Waals surface area contributed by atoms with Crippen molar-refractivity contribution in [2.75, 3.05) is 24.5 Å². The Hall–Kier alpha value is -4.52. The van der Waals surface area contributed by atoms with E-state index in [1.54, 1.807) is 11.1 Å². The largest absolute Gasteiger partial charge is 0.357 e. The van der Waals surface area contributed by atoms with Gasteiger partial charge in [-0.1, -0.05) is 40.0 Å². The van der Waals surface area contributed by atoms with E-state index < -0.39 is 23.0 Å². The van der Waals surface area contributed by atoms with Crippen LogP contribution in [0.1, 0.15) is 23.2 Å². The molecule has 190 valence electrons. The van der Waals surface area contributed by atoms with E-state index in [4.69, 9.17) is 0 Å². The zero-order chi connectivity index (χ0) is 25.9. The average molecular weight is 530 g/mol. The Kier molecular flexibility index (Phi) is 5.08. The van der Waals surface area contributed by atoms with E-state index in [1.807, 2.05) is 30.3 Å². The van der Waals surface area contributed by atoms with E-state index >= 15 is 0 Å². The highest BCUT2D eigenvalue weighted by atomic mass is 32.1. The molecule has 38 heavy (non-hydrogen) atoms. The molecule has 0 unspecified atom stereocenters. The number of aromatic amines is 1. The summed E-state index contributed by atoms with van der Waals surface area (Å²) in [6.45, 7) is 1.48. The molecule has 4 aromatic heterocycles. The molecular weight excluding hydrogens is 509 g/mol. The van der Waals surface area contributed by atoms with Gasteiger partial charge < -0.3 is 14.8 Å². The maximum atomic E-state index is 14.9. The molecule has 2 aliphatic rings. The number of hydrogen-bond donors (Lipinski definition) is 1. The molecule has 0 atom stereocenters. The number of halogens is 1. The molecule has 7 rings (SSSR count). The molecule has 1 aromatic carbocycles. The summed E-state index contributed by atoms with van der Waals surface area (Å²) in [7, 11) is 0. The van der Waals surface area contributed by atoms with Gasteiger partial charge in [-0.15, -0.1) is 10.2 Å². The van der Waals surface area contributed by atoms with Crippen molar-refractivity contribution in [3.63, 3.8) is 0 Å². The number of hydrogen-bond acceptors (Lipinski definition) is 9. The molecular formula is C25H20FN9O2S. The minimum Gasteiger partial charge on any atom is -0.357 e. The fourth-order valence-corrected chi connectivity index (χ4v) is 5.93. The van der Waals surface area contributed by atoms with Crippen molar-refractivity contribution in [2.24, 2.45) is 0 Å². The van der Waals surface area contributed by atoms with Crippen molar-refractivity contribution in [1.29, 1.82) is 0 Å². The first-order valence-electron chi connectivity index (χ1n) is 12.1. The van der Waals surface area contributed by atoms with Crippen LogP contribution in [0.15, 0.2) is 55.1 Å². The second kappa shape index (κ2) is 8.52. The number of carbonyl (C=O) groups is 2. The van der Waals surface area contributed by atoms with Gasteiger partial charge in [0.2, 0.25) is 0 Å². The molecule has 1 spiro atoms. The number of carbonyl (C=O) groups excluding carboxylic acids is 2. The summed E-state index contributed by atoms with van der Waals surface area (Å²) >= 11 is 1.33. The second-order valence-electron chi connectivity index (χ2n) is 9.45. The Morgan fingerprint density at radius 3 is 2.74 bits per heavy atom. The number of rotatable bonds is 5. The topological polar surface area (TPSA) is 126 Å². The second-order valence-corrected chi connectivity index (χ2v) is 10.2. The fourth-order valence-electron chi connectivity index (χ4n) is 5.22. The van der Waals surface area contributed by atoms with Gasteiger partial charge in [-0.25, -0.2) is 14.1 Å². The van der Waals surface area contributed by atoms with Crippen molar-refractivity contribution in [1.82, 2.24) is 39.4 Å². The highest BCUT2D eigenvalue weighted by molar-refractivity contribution is 7.10. The van der Waals surface area contributed by atoms with Crippen molar-refractivity contribution >= 4 is 39.1 Å². The number of anilines is 1. The molecule has 0 radical (unpaired) electrons. The number of piperazine rings is 1. The molecule has 1 N–H and O–H groups in total. The van der Waals surface area contributed by atoms with E-state index in [0.717, 1.165) is 35.3 Å². The lowest BCUT2D eigenvalue weighted by Crippen LogP contribution is -2.58. The molecule has 11 nitrogen and oxygen atoms in total. The van der Waals surface area contributed by atoms with Crippen LogP contribution < -0.4 is 4.90 Å². The van der Waals surface area contributed by atoms with Crippen LogP contribution >= 0.6 is 11.5 Å². The van der Waals surface area contributed by atoms with Gasteiger partial charge in [0, 0.05) is 42.9 Å². The van der Waals surface area contributed by atoms with Crippen LogP contribution in [-0.4, -0.2) is 76.3 Å². The number of aromatic nitrogens is 7. The number of nitrogens with zero attached hydrogens (tertiary/aromatic N) is 8. The van der Waals surface area contributed by atoms with Gasteiger partial charge in [0.05, 0.1) is 40.6 Å².